The standard InChI is InChI=1S/C7H11F2NO2/c8-7(9)4-2-1-3-5(7)6(11)10-12/h5,12H,1-4H2,(H,10,11). The van der Waals surface area contributed by atoms with E-state index in [1.165, 1.54) is 5.48 Å². The lowest BCUT2D eigenvalue weighted by atomic mass is 9.85. The van der Waals surface area contributed by atoms with Gasteiger partial charge in [0.15, 0.2) is 0 Å². The molecule has 0 saturated heterocycles. The summed E-state index contributed by atoms with van der Waals surface area (Å²) in [5.41, 5.74) is 1.27. The zero-order valence-electron chi connectivity index (χ0n) is 6.52. The zero-order chi connectivity index (χ0) is 9.19. The molecule has 12 heavy (non-hydrogen) atoms. The van der Waals surface area contributed by atoms with Crippen LogP contribution in [0.15, 0.2) is 0 Å². The third-order valence-corrected chi connectivity index (χ3v) is 2.19. The summed E-state index contributed by atoms with van der Waals surface area (Å²) in [6, 6.07) is 0. The van der Waals surface area contributed by atoms with Gasteiger partial charge in [0.2, 0.25) is 0 Å². The van der Waals surface area contributed by atoms with Crippen LogP contribution < -0.4 is 5.48 Å². The van der Waals surface area contributed by atoms with Crippen LogP contribution in [-0.2, 0) is 4.79 Å². The number of nitrogens with one attached hydrogen (secondary N) is 1. The Kier molecular flexibility index (Phi) is 2.62. The Hall–Kier alpha value is -0.710. The van der Waals surface area contributed by atoms with E-state index in [9.17, 15) is 13.6 Å². The van der Waals surface area contributed by atoms with E-state index in [0.29, 0.717) is 12.8 Å². The Bertz CT molecular complexity index is 184. The molecule has 1 aliphatic carbocycles. The molecule has 0 aromatic heterocycles. The van der Waals surface area contributed by atoms with Crippen LogP contribution in [0.2, 0.25) is 0 Å². The van der Waals surface area contributed by atoms with Gasteiger partial charge in [-0.3, -0.25) is 10.0 Å². The van der Waals surface area contributed by atoms with Crippen molar-refractivity contribution in [3.8, 4) is 0 Å². The number of carbonyl (C=O) groups is 1. The van der Waals surface area contributed by atoms with Crippen LogP contribution in [0.5, 0.6) is 0 Å². The maximum absolute atomic E-state index is 12.9. The van der Waals surface area contributed by atoms with E-state index in [0.717, 1.165) is 0 Å². The molecule has 0 bridgehead atoms. The molecule has 0 spiro atoms. The molecule has 1 fully saturated rings. The topological polar surface area (TPSA) is 49.3 Å². The van der Waals surface area contributed by atoms with Gasteiger partial charge in [0.1, 0.15) is 5.92 Å². The number of hydrogen-bond acceptors (Lipinski definition) is 2. The number of halogens is 2. The average molecular weight is 179 g/mol. The van der Waals surface area contributed by atoms with Crippen molar-refractivity contribution in [3.63, 3.8) is 0 Å². The number of amides is 1. The summed E-state index contributed by atoms with van der Waals surface area (Å²) in [5.74, 6) is -5.28. The van der Waals surface area contributed by atoms with Crippen LogP contribution >= 0.6 is 0 Å². The summed E-state index contributed by atoms with van der Waals surface area (Å²) in [6.45, 7) is 0. The van der Waals surface area contributed by atoms with Crippen molar-refractivity contribution >= 4 is 5.91 Å². The van der Waals surface area contributed by atoms with Gasteiger partial charge in [-0.25, -0.2) is 14.3 Å². The molecular formula is C7H11F2NO2. The minimum Gasteiger partial charge on any atom is -0.289 e. The highest BCUT2D eigenvalue weighted by Crippen LogP contribution is 2.38. The van der Waals surface area contributed by atoms with Crippen molar-refractivity contribution in [3.05, 3.63) is 0 Å². The maximum atomic E-state index is 12.9. The molecular weight excluding hydrogens is 168 g/mol. The molecule has 0 heterocycles. The molecule has 1 rings (SSSR count). The van der Waals surface area contributed by atoms with Crippen LogP contribution in [0.3, 0.4) is 0 Å². The SMILES string of the molecule is O=C(NO)C1CCCCC1(F)F. The van der Waals surface area contributed by atoms with Gasteiger partial charge in [-0.05, 0) is 12.8 Å². The molecule has 2 N–H and O–H groups in total. The number of carbonyl (C=O) groups excluding carboxylic acids is 1. The van der Waals surface area contributed by atoms with Gasteiger partial charge in [0.05, 0.1) is 0 Å². The molecule has 1 unspecified atom stereocenters. The summed E-state index contributed by atoms with van der Waals surface area (Å²) in [4.78, 5) is 10.7. The second kappa shape index (κ2) is 3.35. The van der Waals surface area contributed by atoms with E-state index in [-0.39, 0.29) is 12.8 Å². The van der Waals surface area contributed by atoms with Crippen LogP contribution in [0.4, 0.5) is 8.78 Å². The molecule has 0 aromatic rings. The first-order valence-corrected chi connectivity index (χ1v) is 3.89. The van der Waals surface area contributed by atoms with Gasteiger partial charge < -0.3 is 0 Å². The van der Waals surface area contributed by atoms with Crippen LogP contribution in [0, 0.1) is 5.92 Å². The minimum absolute atomic E-state index is 0.152. The lowest BCUT2D eigenvalue weighted by molar-refractivity contribution is -0.153. The van der Waals surface area contributed by atoms with E-state index < -0.39 is 17.7 Å². The van der Waals surface area contributed by atoms with Gasteiger partial charge in [-0.15, -0.1) is 0 Å². The largest absolute Gasteiger partial charge is 0.289 e. The number of rotatable bonds is 1. The minimum atomic E-state index is -2.95. The molecule has 1 atom stereocenters. The van der Waals surface area contributed by atoms with Gasteiger partial charge in [0.25, 0.3) is 11.8 Å². The zero-order valence-corrected chi connectivity index (χ0v) is 6.52. The molecule has 1 amide bonds. The summed E-state index contributed by atoms with van der Waals surface area (Å²) in [7, 11) is 0. The van der Waals surface area contributed by atoms with Crippen molar-refractivity contribution in [1.82, 2.24) is 5.48 Å². The predicted molar refractivity (Wildman–Crippen MR) is 36.8 cm³/mol. The highest BCUT2D eigenvalue weighted by Gasteiger charge is 2.45. The quantitative estimate of drug-likeness (QED) is 0.471. The van der Waals surface area contributed by atoms with Gasteiger partial charge in [-0.2, -0.15) is 0 Å². The predicted octanol–water partition coefficient (Wildman–Crippen LogP) is 1.32. The van der Waals surface area contributed by atoms with E-state index >= 15 is 0 Å². The molecule has 70 valence electrons. The Morgan fingerprint density at radius 1 is 1.50 bits per heavy atom. The van der Waals surface area contributed by atoms with Gasteiger partial charge in [-0.1, -0.05) is 6.42 Å². The van der Waals surface area contributed by atoms with Crippen molar-refractivity contribution in [2.24, 2.45) is 5.92 Å². The number of hydroxylamine groups is 1. The van der Waals surface area contributed by atoms with Crippen molar-refractivity contribution in [2.75, 3.05) is 0 Å². The fourth-order valence-electron chi connectivity index (χ4n) is 1.50. The Labute approximate surface area is 68.7 Å². The van der Waals surface area contributed by atoms with Crippen molar-refractivity contribution in [2.45, 2.75) is 31.6 Å². The third kappa shape index (κ3) is 1.72. The maximum Gasteiger partial charge on any atom is 0.259 e. The molecule has 0 aromatic carbocycles. The van der Waals surface area contributed by atoms with E-state index in [1.54, 1.807) is 0 Å². The molecule has 0 radical (unpaired) electrons. The first-order chi connectivity index (χ1) is 5.58. The number of alkyl halides is 2. The second-order valence-corrected chi connectivity index (χ2v) is 3.04. The third-order valence-electron chi connectivity index (χ3n) is 2.19. The number of hydrogen-bond donors (Lipinski definition) is 2. The van der Waals surface area contributed by atoms with Gasteiger partial charge in [0, 0.05) is 6.42 Å². The van der Waals surface area contributed by atoms with Crippen molar-refractivity contribution in [1.29, 1.82) is 0 Å². The highest BCUT2D eigenvalue weighted by atomic mass is 19.3. The summed E-state index contributed by atoms with van der Waals surface area (Å²) in [6.07, 6.45) is 0.959. The Morgan fingerprint density at radius 3 is 2.67 bits per heavy atom. The van der Waals surface area contributed by atoms with Crippen LogP contribution in [0.1, 0.15) is 25.7 Å². The van der Waals surface area contributed by atoms with Crippen LogP contribution in [-0.4, -0.2) is 17.0 Å². The average Bonchev–Trinajstić information content (AvgIpc) is 2.02. The smallest absolute Gasteiger partial charge is 0.259 e. The molecule has 1 aliphatic rings. The molecule has 5 heteroatoms. The summed E-state index contributed by atoms with van der Waals surface area (Å²) in [5, 5.41) is 8.19. The fourth-order valence-corrected chi connectivity index (χ4v) is 1.50. The Balaban J connectivity index is 2.66. The van der Waals surface area contributed by atoms with E-state index in [1.807, 2.05) is 0 Å². The normalized spacial score (nSPS) is 28.1. The Morgan fingerprint density at radius 2 is 2.17 bits per heavy atom. The van der Waals surface area contributed by atoms with Crippen LogP contribution in [0.25, 0.3) is 0 Å². The lowest BCUT2D eigenvalue weighted by Crippen LogP contribution is -2.42. The molecule has 1 saturated carbocycles. The molecule has 3 nitrogen and oxygen atoms in total. The monoisotopic (exact) mass is 179 g/mol. The highest BCUT2D eigenvalue weighted by molar-refractivity contribution is 5.78. The van der Waals surface area contributed by atoms with Crippen molar-refractivity contribution < 1.29 is 18.8 Å². The lowest BCUT2D eigenvalue weighted by Gasteiger charge is -2.29. The second-order valence-electron chi connectivity index (χ2n) is 3.04. The summed E-state index contributed by atoms with van der Waals surface area (Å²) < 4.78 is 25.9. The first kappa shape index (κ1) is 9.38. The first-order valence-electron chi connectivity index (χ1n) is 3.89. The van der Waals surface area contributed by atoms with Gasteiger partial charge >= 0.3 is 0 Å². The van der Waals surface area contributed by atoms with E-state index in [4.69, 9.17) is 5.21 Å². The van der Waals surface area contributed by atoms with E-state index in [2.05, 4.69) is 0 Å². The summed E-state index contributed by atoms with van der Waals surface area (Å²) >= 11 is 0. The molecule has 0 aliphatic heterocycles. The fraction of sp³-hybridized carbons (Fsp3) is 0.857.